The Hall–Kier alpha value is -1.21. The van der Waals surface area contributed by atoms with Crippen LogP contribution >= 0.6 is 15.9 Å². The molecule has 0 aliphatic carbocycles. The van der Waals surface area contributed by atoms with Crippen molar-refractivity contribution in [1.29, 1.82) is 0 Å². The van der Waals surface area contributed by atoms with Crippen LogP contribution in [0, 0.1) is 0 Å². The number of ether oxygens (including phenoxy) is 1. The fourth-order valence-corrected chi connectivity index (χ4v) is 1.86. The van der Waals surface area contributed by atoms with Crippen LogP contribution in [0.5, 0.6) is 0 Å². The molecule has 0 bridgehead atoms. The van der Waals surface area contributed by atoms with E-state index in [1.807, 2.05) is 4.90 Å². The second kappa shape index (κ2) is 6.65. The van der Waals surface area contributed by atoms with Gasteiger partial charge in [-0.1, -0.05) is 0 Å². The molecule has 0 spiro atoms. The minimum absolute atomic E-state index is 0.142. The molecule has 0 unspecified atom stereocenters. The zero-order valence-corrected chi connectivity index (χ0v) is 11.5. The van der Waals surface area contributed by atoms with E-state index in [2.05, 4.69) is 31.2 Å². The molecule has 6 nitrogen and oxygen atoms in total. The highest BCUT2D eigenvalue weighted by Gasteiger charge is 2.15. The zero-order valence-electron chi connectivity index (χ0n) is 9.93. The fourth-order valence-electron chi connectivity index (χ4n) is 1.66. The quantitative estimate of drug-likeness (QED) is 0.894. The Morgan fingerprint density at radius 1 is 1.39 bits per heavy atom. The van der Waals surface area contributed by atoms with Gasteiger partial charge in [0.05, 0.1) is 17.7 Å². The van der Waals surface area contributed by atoms with Crippen molar-refractivity contribution < 1.29 is 9.53 Å². The van der Waals surface area contributed by atoms with Gasteiger partial charge < -0.3 is 15.0 Å². The van der Waals surface area contributed by atoms with Gasteiger partial charge in [-0.25, -0.2) is 9.97 Å². The number of carbonyl (C=O) groups is 1. The van der Waals surface area contributed by atoms with Crippen LogP contribution in [-0.4, -0.2) is 53.6 Å². The first-order valence-corrected chi connectivity index (χ1v) is 6.62. The number of hydrogen-bond donors (Lipinski definition) is 1. The minimum Gasteiger partial charge on any atom is -0.378 e. The minimum atomic E-state index is 0.142. The van der Waals surface area contributed by atoms with Crippen LogP contribution in [-0.2, 0) is 9.53 Å². The first kappa shape index (κ1) is 13.2. The van der Waals surface area contributed by atoms with Crippen molar-refractivity contribution in [3.05, 3.63) is 16.9 Å². The van der Waals surface area contributed by atoms with E-state index >= 15 is 0 Å². The molecular formula is C11H15BrN4O2. The van der Waals surface area contributed by atoms with Gasteiger partial charge in [-0.3, -0.25) is 4.79 Å². The summed E-state index contributed by atoms with van der Waals surface area (Å²) < 4.78 is 6.03. The van der Waals surface area contributed by atoms with Gasteiger partial charge in [0, 0.05) is 38.4 Å². The molecule has 1 aliphatic heterocycles. The molecule has 1 fully saturated rings. The molecule has 1 aromatic rings. The molecule has 98 valence electrons. The summed E-state index contributed by atoms with van der Waals surface area (Å²) in [4.78, 5) is 21.8. The number of aromatic nitrogens is 2. The fraction of sp³-hybridized carbons (Fsp3) is 0.545. The SMILES string of the molecule is O=C(CCNc1ncc(Br)cn1)N1CCOCC1. The second-order valence-electron chi connectivity index (χ2n) is 3.89. The van der Waals surface area contributed by atoms with Crippen LogP contribution in [0.15, 0.2) is 16.9 Å². The summed E-state index contributed by atoms with van der Waals surface area (Å²) in [6.45, 7) is 3.18. The number of anilines is 1. The van der Waals surface area contributed by atoms with Crippen LogP contribution in [0.4, 0.5) is 5.95 Å². The smallest absolute Gasteiger partial charge is 0.224 e. The largest absolute Gasteiger partial charge is 0.378 e. The predicted octanol–water partition coefficient (Wildman–Crippen LogP) is 0.900. The van der Waals surface area contributed by atoms with Crippen LogP contribution in [0.1, 0.15) is 6.42 Å². The maximum Gasteiger partial charge on any atom is 0.224 e. The number of hydrogen-bond acceptors (Lipinski definition) is 5. The van der Waals surface area contributed by atoms with Gasteiger partial charge in [-0.15, -0.1) is 0 Å². The van der Waals surface area contributed by atoms with Crippen molar-refractivity contribution in [2.45, 2.75) is 6.42 Å². The summed E-state index contributed by atoms with van der Waals surface area (Å²) in [5.41, 5.74) is 0. The number of halogens is 1. The molecule has 1 saturated heterocycles. The summed E-state index contributed by atoms with van der Waals surface area (Å²) >= 11 is 3.26. The van der Waals surface area contributed by atoms with E-state index < -0.39 is 0 Å². The molecule has 1 aliphatic rings. The van der Waals surface area contributed by atoms with Gasteiger partial charge in [0.2, 0.25) is 11.9 Å². The van der Waals surface area contributed by atoms with E-state index in [-0.39, 0.29) is 5.91 Å². The number of rotatable bonds is 4. The number of nitrogens with one attached hydrogen (secondary N) is 1. The molecule has 0 radical (unpaired) electrons. The number of morpholine rings is 1. The topological polar surface area (TPSA) is 67.4 Å². The first-order chi connectivity index (χ1) is 8.75. The van der Waals surface area contributed by atoms with Crippen molar-refractivity contribution >= 4 is 27.8 Å². The van der Waals surface area contributed by atoms with Crippen LogP contribution in [0.3, 0.4) is 0 Å². The average molecular weight is 315 g/mol. The van der Waals surface area contributed by atoms with Crippen molar-refractivity contribution in [2.24, 2.45) is 0 Å². The van der Waals surface area contributed by atoms with Crippen LogP contribution in [0.25, 0.3) is 0 Å². The maximum absolute atomic E-state index is 11.8. The summed E-state index contributed by atoms with van der Waals surface area (Å²) in [5, 5.41) is 3.02. The van der Waals surface area contributed by atoms with E-state index in [4.69, 9.17) is 4.74 Å². The second-order valence-corrected chi connectivity index (χ2v) is 4.81. The van der Waals surface area contributed by atoms with Gasteiger partial charge in [-0.2, -0.15) is 0 Å². The summed E-state index contributed by atoms with van der Waals surface area (Å²) in [6, 6.07) is 0. The van der Waals surface area contributed by atoms with E-state index in [1.165, 1.54) is 0 Å². The van der Waals surface area contributed by atoms with E-state index in [0.29, 0.717) is 45.2 Å². The Kier molecular flexibility index (Phi) is 4.89. The third-order valence-electron chi connectivity index (χ3n) is 2.61. The highest BCUT2D eigenvalue weighted by atomic mass is 79.9. The van der Waals surface area contributed by atoms with Gasteiger partial charge in [0.15, 0.2) is 0 Å². The molecule has 0 aromatic carbocycles. The number of amides is 1. The summed E-state index contributed by atoms with van der Waals surface area (Å²) in [6.07, 6.45) is 3.78. The Morgan fingerprint density at radius 2 is 2.06 bits per heavy atom. The molecule has 1 amide bonds. The average Bonchev–Trinajstić information content (AvgIpc) is 2.42. The van der Waals surface area contributed by atoms with Gasteiger partial charge in [0.1, 0.15) is 0 Å². The third kappa shape index (κ3) is 3.92. The Morgan fingerprint density at radius 3 is 2.72 bits per heavy atom. The standard InChI is InChI=1S/C11H15BrN4O2/c12-9-7-14-11(15-8-9)13-2-1-10(17)16-3-5-18-6-4-16/h7-8H,1-6H2,(H,13,14,15). The van der Waals surface area contributed by atoms with E-state index in [1.54, 1.807) is 12.4 Å². The Bertz CT molecular complexity index is 393. The van der Waals surface area contributed by atoms with Gasteiger partial charge in [-0.05, 0) is 15.9 Å². The molecule has 0 atom stereocenters. The maximum atomic E-state index is 11.8. The normalized spacial score (nSPS) is 15.5. The molecule has 1 N–H and O–H groups in total. The first-order valence-electron chi connectivity index (χ1n) is 5.82. The third-order valence-corrected chi connectivity index (χ3v) is 3.02. The van der Waals surface area contributed by atoms with E-state index in [9.17, 15) is 4.79 Å². The van der Waals surface area contributed by atoms with Crippen molar-refractivity contribution in [3.8, 4) is 0 Å². The van der Waals surface area contributed by atoms with Gasteiger partial charge in [0.25, 0.3) is 0 Å². The highest BCUT2D eigenvalue weighted by molar-refractivity contribution is 9.10. The highest BCUT2D eigenvalue weighted by Crippen LogP contribution is 2.07. The lowest BCUT2D eigenvalue weighted by Gasteiger charge is -2.26. The van der Waals surface area contributed by atoms with Crippen molar-refractivity contribution in [2.75, 3.05) is 38.2 Å². The molecule has 7 heteroatoms. The molecule has 0 saturated carbocycles. The molecule has 2 heterocycles. The Labute approximate surface area is 114 Å². The van der Waals surface area contributed by atoms with Crippen molar-refractivity contribution in [1.82, 2.24) is 14.9 Å². The molecule has 1 aromatic heterocycles. The van der Waals surface area contributed by atoms with Gasteiger partial charge >= 0.3 is 0 Å². The lowest BCUT2D eigenvalue weighted by Crippen LogP contribution is -2.41. The zero-order chi connectivity index (χ0) is 12.8. The van der Waals surface area contributed by atoms with Crippen LogP contribution < -0.4 is 5.32 Å². The summed E-state index contributed by atoms with van der Waals surface area (Å²) in [7, 11) is 0. The number of carbonyl (C=O) groups excluding carboxylic acids is 1. The predicted molar refractivity (Wildman–Crippen MR) is 70.2 cm³/mol. The van der Waals surface area contributed by atoms with Crippen molar-refractivity contribution in [3.63, 3.8) is 0 Å². The summed E-state index contributed by atoms with van der Waals surface area (Å²) in [5.74, 6) is 0.677. The lowest BCUT2D eigenvalue weighted by atomic mass is 10.3. The van der Waals surface area contributed by atoms with E-state index in [0.717, 1.165) is 4.47 Å². The monoisotopic (exact) mass is 314 g/mol. The molecule has 2 rings (SSSR count). The van der Waals surface area contributed by atoms with Crippen LogP contribution in [0.2, 0.25) is 0 Å². The number of nitrogens with zero attached hydrogens (tertiary/aromatic N) is 3. The molecular weight excluding hydrogens is 300 g/mol. The molecule has 18 heavy (non-hydrogen) atoms. The Balaban J connectivity index is 1.71. The lowest BCUT2D eigenvalue weighted by molar-refractivity contribution is -0.134.